The van der Waals surface area contributed by atoms with Gasteiger partial charge in [0.05, 0.1) is 6.61 Å². The van der Waals surface area contributed by atoms with Gasteiger partial charge in [0.1, 0.15) is 0 Å². The minimum Gasteiger partial charge on any atom is -0.392 e. The first-order valence-electron chi connectivity index (χ1n) is 4.49. The van der Waals surface area contributed by atoms with Crippen molar-refractivity contribution in [3.8, 4) is 0 Å². The maximum atomic E-state index is 8.40. The Morgan fingerprint density at radius 1 is 1.00 bits per heavy atom. The van der Waals surface area contributed by atoms with Crippen molar-refractivity contribution in [1.29, 1.82) is 0 Å². The van der Waals surface area contributed by atoms with Crippen molar-refractivity contribution in [1.82, 2.24) is 0 Å². The van der Waals surface area contributed by atoms with Crippen molar-refractivity contribution in [2.24, 2.45) is 0 Å². The van der Waals surface area contributed by atoms with E-state index in [-0.39, 0.29) is 6.61 Å². The summed E-state index contributed by atoms with van der Waals surface area (Å²) in [7, 11) is 0. The van der Waals surface area contributed by atoms with E-state index < -0.39 is 0 Å². The molecule has 0 aromatic carbocycles. The Kier molecular flexibility index (Phi) is 9.48. The molecule has 1 heteroatoms. The van der Waals surface area contributed by atoms with Gasteiger partial charge in [-0.15, -0.1) is 0 Å². The van der Waals surface area contributed by atoms with E-state index in [0.29, 0.717) is 0 Å². The summed E-state index contributed by atoms with van der Waals surface area (Å²) in [6, 6.07) is 0. The van der Waals surface area contributed by atoms with Crippen LogP contribution in [0.5, 0.6) is 0 Å². The highest BCUT2D eigenvalue weighted by molar-refractivity contribution is 5.04. The summed E-state index contributed by atoms with van der Waals surface area (Å²) < 4.78 is 0. The highest BCUT2D eigenvalue weighted by atomic mass is 16.2. The van der Waals surface area contributed by atoms with Crippen molar-refractivity contribution in [3.63, 3.8) is 0 Å². The third-order valence-electron chi connectivity index (χ3n) is 1.38. The molecule has 0 aromatic heterocycles. The Labute approximate surface area is 75.1 Å². The molecule has 0 bridgehead atoms. The van der Waals surface area contributed by atoms with Crippen molar-refractivity contribution in [3.05, 3.63) is 36.5 Å². The fourth-order valence-electron chi connectivity index (χ4n) is 0.756. The first-order valence-corrected chi connectivity index (χ1v) is 4.49. The van der Waals surface area contributed by atoms with Gasteiger partial charge in [0.15, 0.2) is 0 Å². The monoisotopic (exact) mass is 166 g/mol. The van der Waals surface area contributed by atoms with Crippen molar-refractivity contribution in [2.75, 3.05) is 6.61 Å². The topological polar surface area (TPSA) is 20.2 Å². The lowest BCUT2D eigenvalue weighted by Gasteiger charge is -1.82. The van der Waals surface area contributed by atoms with Gasteiger partial charge in [-0.25, -0.2) is 0 Å². The first-order chi connectivity index (χ1) is 5.91. The molecule has 0 aromatic rings. The van der Waals surface area contributed by atoms with Crippen LogP contribution in [0.25, 0.3) is 0 Å². The number of hydrogen-bond donors (Lipinski definition) is 1. The summed E-state index contributed by atoms with van der Waals surface area (Å²) in [6.45, 7) is 2.29. The van der Waals surface area contributed by atoms with Crippen LogP contribution in [0.15, 0.2) is 36.5 Å². The van der Waals surface area contributed by atoms with Crippen LogP contribution in [0.4, 0.5) is 0 Å². The molecule has 12 heavy (non-hydrogen) atoms. The van der Waals surface area contributed by atoms with Gasteiger partial charge in [-0.3, -0.25) is 0 Å². The summed E-state index contributed by atoms with van der Waals surface area (Å²) >= 11 is 0. The van der Waals surface area contributed by atoms with E-state index >= 15 is 0 Å². The van der Waals surface area contributed by atoms with E-state index in [0.717, 1.165) is 6.42 Å². The Balaban J connectivity index is 3.29. The van der Waals surface area contributed by atoms with Crippen LogP contribution in [0.2, 0.25) is 0 Å². The quantitative estimate of drug-likeness (QED) is 0.475. The van der Waals surface area contributed by atoms with E-state index in [1.807, 2.05) is 12.2 Å². The lowest BCUT2D eigenvalue weighted by Crippen LogP contribution is -1.67. The van der Waals surface area contributed by atoms with E-state index in [4.69, 9.17) is 5.11 Å². The lowest BCUT2D eigenvalue weighted by molar-refractivity contribution is 0.343. The molecule has 0 aliphatic heterocycles. The zero-order valence-electron chi connectivity index (χ0n) is 7.74. The fourth-order valence-corrected chi connectivity index (χ4v) is 0.756. The molecule has 1 nitrogen and oxygen atoms in total. The van der Waals surface area contributed by atoms with E-state index in [1.165, 1.54) is 12.8 Å². The molecule has 1 N–H and O–H groups in total. The maximum absolute atomic E-state index is 8.40. The smallest absolute Gasteiger partial charge is 0.0615 e. The van der Waals surface area contributed by atoms with Crippen LogP contribution >= 0.6 is 0 Å². The summed E-state index contributed by atoms with van der Waals surface area (Å²) in [5, 5.41) is 8.40. The molecule has 0 aliphatic rings. The van der Waals surface area contributed by atoms with Gasteiger partial charge in [-0.05, 0) is 12.8 Å². The summed E-state index contributed by atoms with van der Waals surface area (Å²) in [6.07, 6.45) is 15.3. The van der Waals surface area contributed by atoms with Crippen LogP contribution in [0.3, 0.4) is 0 Å². The largest absolute Gasteiger partial charge is 0.392 e. The normalized spacial score (nSPS) is 12.5. The molecule has 0 radical (unpaired) electrons. The number of aliphatic hydroxyl groups is 1. The van der Waals surface area contributed by atoms with Crippen LogP contribution in [-0.4, -0.2) is 11.7 Å². The molecule has 0 heterocycles. The fraction of sp³-hybridized carbons (Fsp3) is 0.455. The summed E-state index contributed by atoms with van der Waals surface area (Å²) in [5.41, 5.74) is 0. The number of rotatable bonds is 6. The SMILES string of the molecule is CCC/C=C/C/C=C/C=C/CO. The third-order valence-corrected chi connectivity index (χ3v) is 1.38. The van der Waals surface area contributed by atoms with Gasteiger partial charge >= 0.3 is 0 Å². The van der Waals surface area contributed by atoms with Crippen LogP contribution in [0.1, 0.15) is 26.2 Å². The number of unbranched alkanes of at least 4 members (excludes halogenated alkanes) is 1. The molecule has 0 fully saturated rings. The van der Waals surface area contributed by atoms with Crippen molar-refractivity contribution >= 4 is 0 Å². The minimum atomic E-state index is 0.121. The summed E-state index contributed by atoms with van der Waals surface area (Å²) in [5.74, 6) is 0. The van der Waals surface area contributed by atoms with Crippen molar-refractivity contribution in [2.45, 2.75) is 26.2 Å². The third kappa shape index (κ3) is 9.18. The molecule has 0 unspecified atom stereocenters. The standard InChI is InChI=1S/C11H18O/c1-2-3-4-5-6-7-8-9-10-11-12/h4-5,7-10,12H,2-3,6,11H2,1H3/b5-4+,8-7+,10-9+. The molecule has 0 rings (SSSR count). The zero-order chi connectivity index (χ0) is 9.07. The number of aliphatic hydroxyl groups excluding tert-OH is 1. The molecule has 0 saturated carbocycles. The van der Waals surface area contributed by atoms with Gasteiger partial charge in [0.2, 0.25) is 0 Å². The Morgan fingerprint density at radius 3 is 2.42 bits per heavy atom. The van der Waals surface area contributed by atoms with Crippen molar-refractivity contribution < 1.29 is 5.11 Å². The highest BCUT2D eigenvalue weighted by Gasteiger charge is 1.71. The van der Waals surface area contributed by atoms with Crippen LogP contribution in [0, 0.1) is 0 Å². The zero-order valence-corrected chi connectivity index (χ0v) is 7.74. The number of allylic oxidation sites excluding steroid dienone is 5. The molecule has 0 atom stereocenters. The predicted molar refractivity (Wildman–Crippen MR) is 54.0 cm³/mol. The molecule has 0 aliphatic carbocycles. The predicted octanol–water partition coefficient (Wildman–Crippen LogP) is 2.84. The first kappa shape index (κ1) is 11.2. The molecule has 0 amide bonds. The molecule has 68 valence electrons. The minimum absolute atomic E-state index is 0.121. The Bertz CT molecular complexity index is 154. The molecular weight excluding hydrogens is 148 g/mol. The Hall–Kier alpha value is -0.820. The van der Waals surface area contributed by atoms with Crippen LogP contribution < -0.4 is 0 Å². The summed E-state index contributed by atoms with van der Waals surface area (Å²) in [4.78, 5) is 0. The average molecular weight is 166 g/mol. The van der Waals surface area contributed by atoms with Gasteiger partial charge in [0.25, 0.3) is 0 Å². The van der Waals surface area contributed by atoms with E-state index in [1.54, 1.807) is 6.08 Å². The second kappa shape index (κ2) is 10.2. The maximum Gasteiger partial charge on any atom is 0.0615 e. The van der Waals surface area contributed by atoms with Gasteiger partial charge in [0, 0.05) is 0 Å². The molecule has 0 spiro atoms. The number of hydrogen-bond acceptors (Lipinski definition) is 1. The molecular formula is C11H18O. The lowest BCUT2D eigenvalue weighted by atomic mass is 10.2. The molecule has 0 saturated heterocycles. The van der Waals surface area contributed by atoms with Crippen LogP contribution in [-0.2, 0) is 0 Å². The second-order valence-electron chi connectivity index (χ2n) is 2.53. The average Bonchev–Trinajstić information content (AvgIpc) is 2.10. The van der Waals surface area contributed by atoms with Gasteiger partial charge in [-0.1, -0.05) is 49.8 Å². The van der Waals surface area contributed by atoms with Gasteiger partial charge < -0.3 is 5.11 Å². The van der Waals surface area contributed by atoms with Gasteiger partial charge in [-0.2, -0.15) is 0 Å². The van der Waals surface area contributed by atoms with E-state index in [2.05, 4.69) is 25.2 Å². The second-order valence-corrected chi connectivity index (χ2v) is 2.53. The highest BCUT2D eigenvalue weighted by Crippen LogP contribution is 1.92. The Morgan fingerprint density at radius 2 is 1.75 bits per heavy atom. The van der Waals surface area contributed by atoms with E-state index in [9.17, 15) is 0 Å².